The van der Waals surface area contributed by atoms with E-state index < -0.39 is 0 Å². The molecule has 0 spiro atoms. The van der Waals surface area contributed by atoms with Gasteiger partial charge in [0.2, 0.25) is 0 Å². The van der Waals surface area contributed by atoms with Gasteiger partial charge < -0.3 is 14.5 Å². The van der Waals surface area contributed by atoms with Gasteiger partial charge in [0, 0.05) is 47.9 Å². The number of nitrogens with zero attached hydrogens (tertiary/aromatic N) is 2. The van der Waals surface area contributed by atoms with Crippen molar-refractivity contribution in [3.05, 3.63) is 136 Å². The van der Waals surface area contributed by atoms with E-state index in [0.29, 0.717) is 25.3 Å². The van der Waals surface area contributed by atoms with Gasteiger partial charge in [-0.1, -0.05) is 80.6 Å². The van der Waals surface area contributed by atoms with E-state index in [1.807, 2.05) is 67.4 Å². The Morgan fingerprint density at radius 1 is 0.891 bits per heavy atom. The van der Waals surface area contributed by atoms with E-state index in [1.165, 1.54) is 28.5 Å². The number of ketones is 1. The number of ether oxygens (including phenoxy) is 1. The molecule has 46 heavy (non-hydrogen) atoms. The highest BCUT2D eigenvalue weighted by atomic mass is 32.2. The lowest BCUT2D eigenvalue weighted by atomic mass is 9.83. The van der Waals surface area contributed by atoms with E-state index in [2.05, 4.69) is 75.9 Å². The highest BCUT2D eigenvalue weighted by molar-refractivity contribution is 8.00. The summed E-state index contributed by atoms with van der Waals surface area (Å²) in [5, 5.41) is 0. The number of aryl methyl sites for hydroxylation is 3. The zero-order valence-corrected chi connectivity index (χ0v) is 28.8. The molecule has 4 aromatic carbocycles. The van der Waals surface area contributed by atoms with Crippen molar-refractivity contribution in [1.82, 2.24) is 4.90 Å². The quantitative estimate of drug-likeness (QED) is 0.122. The fourth-order valence-electron chi connectivity index (χ4n) is 6.37. The number of fused-ring (bicyclic) bond motifs is 1. The summed E-state index contributed by atoms with van der Waals surface area (Å²) in [6, 6.07) is 28.4. The highest BCUT2D eigenvalue weighted by Gasteiger charge is 2.38. The van der Waals surface area contributed by atoms with E-state index in [-0.39, 0.29) is 22.9 Å². The summed E-state index contributed by atoms with van der Waals surface area (Å²) in [6.07, 6.45) is 1.77. The summed E-state index contributed by atoms with van der Waals surface area (Å²) in [4.78, 5) is 31.9. The van der Waals surface area contributed by atoms with Gasteiger partial charge in [-0.05, 0) is 79.3 Å². The van der Waals surface area contributed by atoms with Crippen LogP contribution in [0.1, 0.15) is 64.5 Å². The van der Waals surface area contributed by atoms with Gasteiger partial charge in [0.1, 0.15) is 12.4 Å². The van der Waals surface area contributed by atoms with Crippen LogP contribution in [0.25, 0.3) is 0 Å². The minimum absolute atomic E-state index is 0.0259. The van der Waals surface area contributed by atoms with Gasteiger partial charge in [0.25, 0.3) is 5.91 Å². The van der Waals surface area contributed by atoms with Crippen LogP contribution >= 0.6 is 11.8 Å². The predicted molar refractivity (Wildman–Crippen MR) is 190 cm³/mol. The van der Waals surface area contributed by atoms with Crippen LogP contribution in [-0.4, -0.2) is 35.9 Å². The Morgan fingerprint density at radius 2 is 1.54 bits per heavy atom. The highest BCUT2D eigenvalue weighted by Crippen LogP contribution is 2.46. The molecule has 1 heterocycles. The number of anilines is 1. The van der Waals surface area contributed by atoms with Crippen molar-refractivity contribution < 1.29 is 14.3 Å². The molecule has 1 aliphatic heterocycles. The second-order valence-electron chi connectivity index (χ2n) is 12.6. The Balaban J connectivity index is 1.27. The summed E-state index contributed by atoms with van der Waals surface area (Å²) in [5.41, 5.74) is 9.23. The number of benzene rings is 4. The Bertz CT molecular complexity index is 1770. The van der Waals surface area contributed by atoms with Crippen LogP contribution in [0.3, 0.4) is 0 Å². The van der Waals surface area contributed by atoms with Crippen molar-refractivity contribution in [2.24, 2.45) is 0 Å². The lowest BCUT2D eigenvalue weighted by Gasteiger charge is -2.24. The fraction of sp³-hybridized carbons (Fsp3) is 0.300. The number of amides is 1. The molecule has 1 amide bonds. The molecule has 238 valence electrons. The Hall–Kier alpha value is -4.29. The normalized spacial score (nSPS) is 14.3. The van der Waals surface area contributed by atoms with Gasteiger partial charge in [0.15, 0.2) is 5.78 Å². The number of para-hydroxylation sites is 1. The number of rotatable bonds is 11. The molecule has 0 bridgehead atoms. The molecular weight excluding hydrogens is 589 g/mol. The number of carbonyl (C=O) groups is 2. The van der Waals surface area contributed by atoms with E-state index in [9.17, 15) is 9.59 Å². The van der Waals surface area contributed by atoms with Crippen molar-refractivity contribution in [3.8, 4) is 5.75 Å². The molecule has 0 unspecified atom stereocenters. The minimum Gasteiger partial charge on any atom is -0.488 e. The van der Waals surface area contributed by atoms with E-state index in [4.69, 9.17) is 4.74 Å². The summed E-state index contributed by atoms with van der Waals surface area (Å²) in [7, 11) is 2.02. The van der Waals surface area contributed by atoms with E-state index in [0.717, 1.165) is 38.7 Å². The van der Waals surface area contributed by atoms with E-state index >= 15 is 0 Å². The Kier molecular flexibility index (Phi) is 10.1. The number of hydrogen-bond donors (Lipinski definition) is 0. The lowest BCUT2D eigenvalue weighted by Crippen LogP contribution is -2.30. The third kappa shape index (κ3) is 6.92. The second kappa shape index (κ2) is 14.0. The zero-order chi connectivity index (χ0) is 33.0. The average Bonchev–Trinajstić information content (AvgIpc) is 3.23. The van der Waals surface area contributed by atoms with Crippen LogP contribution < -0.4 is 9.64 Å². The second-order valence-corrected chi connectivity index (χ2v) is 13.6. The minimum atomic E-state index is -0.261. The predicted octanol–water partition coefficient (Wildman–Crippen LogP) is 8.83. The maximum atomic E-state index is 13.9. The van der Waals surface area contributed by atoms with Gasteiger partial charge in [0.05, 0.1) is 11.3 Å². The molecule has 6 heteroatoms. The van der Waals surface area contributed by atoms with Crippen molar-refractivity contribution >= 4 is 29.1 Å². The first-order valence-corrected chi connectivity index (χ1v) is 16.9. The maximum absolute atomic E-state index is 13.9. The van der Waals surface area contributed by atoms with Crippen LogP contribution in [0.15, 0.2) is 102 Å². The zero-order valence-electron chi connectivity index (χ0n) is 28.0. The third-order valence-electron chi connectivity index (χ3n) is 8.92. The first-order chi connectivity index (χ1) is 22.0. The fourth-order valence-corrected chi connectivity index (χ4v) is 7.24. The number of allylic oxidation sites excluding steroid dienone is 2. The standard InChI is InChI=1S/C40H44N2O3S/c1-8-42(24-30-21-28(3)38(29(4)22-30)45-25-31-16-10-9-15-27(31)2)39(44)33-17-11-14-20-36(33)46-26-32(43)23-37-40(5,6)34-18-12-13-19-35(34)41(37)7/h9-23H,8,24-26H2,1-7H3/b37-23+. The first kappa shape index (κ1) is 33.1. The molecule has 0 N–H and O–H groups in total. The average molecular weight is 633 g/mol. The van der Waals surface area contributed by atoms with Gasteiger partial charge in [-0.3, -0.25) is 9.59 Å². The molecular formula is C40H44N2O3S. The van der Waals surface area contributed by atoms with Crippen LogP contribution in [0.4, 0.5) is 5.69 Å². The summed E-state index contributed by atoms with van der Waals surface area (Å²) in [6.45, 7) is 14.1. The van der Waals surface area contributed by atoms with Gasteiger partial charge in [-0.2, -0.15) is 0 Å². The summed E-state index contributed by atoms with van der Waals surface area (Å²) in [5.74, 6) is 1.12. The van der Waals surface area contributed by atoms with Crippen molar-refractivity contribution in [1.29, 1.82) is 0 Å². The van der Waals surface area contributed by atoms with E-state index in [1.54, 1.807) is 6.08 Å². The smallest absolute Gasteiger partial charge is 0.255 e. The molecule has 5 nitrogen and oxygen atoms in total. The third-order valence-corrected chi connectivity index (χ3v) is 10.0. The van der Waals surface area contributed by atoms with Crippen molar-refractivity contribution in [2.45, 2.75) is 65.0 Å². The van der Waals surface area contributed by atoms with Crippen LogP contribution in [-0.2, 0) is 23.4 Å². The Morgan fingerprint density at radius 3 is 2.24 bits per heavy atom. The number of carbonyl (C=O) groups excluding carboxylic acids is 2. The molecule has 0 saturated carbocycles. The molecule has 0 atom stereocenters. The largest absolute Gasteiger partial charge is 0.488 e. The summed E-state index contributed by atoms with van der Waals surface area (Å²) >= 11 is 1.42. The first-order valence-electron chi connectivity index (χ1n) is 15.9. The molecule has 4 aromatic rings. The SMILES string of the molecule is CCN(Cc1cc(C)c(OCc2ccccc2C)c(C)c1)C(=O)c1ccccc1SCC(=O)/C=C1/N(C)c2ccccc2C1(C)C. The monoisotopic (exact) mass is 632 g/mol. The van der Waals surface area contributed by atoms with Crippen molar-refractivity contribution in [2.75, 3.05) is 24.2 Å². The number of thioether (sulfide) groups is 1. The van der Waals surface area contributed by atoms with Gasteiger partial charge in [-0.15, -0.1) is 11.8 Å². The van der Waals surface area contributed by atoms with Crippen LogP contribution in [0, 0.1) is 20.8 Å². The molecule has 0 saturated heterocycles. The molecule has 0 fully saturated rings. The topological polar surface area (TPSA) is 49.9 Å². The van der Waals surface area contributed by atoms with Crippen LogP contribution in [0.2, 0.25) is 0 Å². The maximum Gasteiger partial charge on any atom is 0.255 e. The molecule has 0 aliphatic carbocycles. The lowest BCUT2D eigenvalue weighted by molar-refractivity contribution is -0.112. The molecule has 5 rings (SSSR count). The van der Waals surface area contributed by atoms with Gasteiger partial charge in [-0.25, -0.2) is 0 Å². The molecule has 0 aromatic heterocycles. The summed E-state index contributed by atoms with van der Waals surface area (Å²) < 4.78 is 6.26. The number of likely N-dealkylation sites (N-methyl/N-ethyl adjacent to an activating group) is 1. The Labute approximate surface area is 278 Å². The molecule has 1 aliphatic rings. The van der Waals surface area contributed by atoms with Crippen LogP contribution in [0.5, 0.6) is 5.75 Å². The molecule has 0 radical (unpaired) electrons. The number of hydrogen-bond acceptors (Lipinski definition) is 5. The van der Waals surface area contributed by atoms with Gasteiger partial charge >= 0.3 is 0 Å². The van der Waals surface area contributed by atoms with Crippen molar-refractivity contribution in [3.63, 3.8) is 0 Å².